The number of aromatic nitrogens is 3. The molecular formula is C10H18BrN5O4S. The number of nitrogens with zero attached hydrogens (tertiary/aromatic N) is 4. The molecule has 0 radical (unpaired) electrons. The molecule has 120 valence electrons. The quantitative estimate of drug-likeness (QED) is 0.597. The van der Waals surface area contributed by atoms with Crippen molar-refractivity contribution in [2.45, 2.75) is 11.4 Å². The first-order valence-corrected chi connectivity index (χ1v) is 8.31. The maximum absolute atomic E-state index is 12.3. The number of nitrogens with one attached hydrogen (secondary N) is 1. The maximum atomic E-state index is 12.3. The normalized spacial score (nSPS) is 11.9. The minimum Gasteiger partial charge on any atom is -0.385 e. The second-order valence-electron chi connectivity index (χ2n) is 4.27. The summed E-state index contributed by atoms with van der Waals surface area (Å²) >= 11 is 3.03. The van der Waals surface area contributed by atoms with Crippen LogP contribution in [0.2, 0.25) is 0 Å². The lowest BCUT2D eigenvalue weighted by molar-refractivity contribution is -0.121. The summed E-state index contributed by atoms with van der Waals surface area (Å²) in [6.07, 6.45) is 0.663. The molecule has 1 heterocycles. The molecule has 1 rings (SSSR count). The summed E-state index contributed by atoms with van der Waals surface area (Å²) in [5, 5.41) is 9.76. The fourth-order valence-electron chi connectivity index (χ4n) is 1.53. The van der Waals surface area contributed by atoms with Crippen LogP contribution in [0.4, 0.5) is 0 Å². The molecule has 0 bridgehead atoms. The molecule has 1 N–H and O–H groups in total. The van der Waals surface area contributed by atoms with Gasteiger partial charge < -0.3 is 10.1 Å². The number of hydrogen-bond donors (Lipinski definition) is 1. The number of carbonyl (C=O) groups excluding carboxylic acids is 1. The Kier molecular flexibility index (Phi) is 6.71. The first kappa shape index (κ1) is 18.0. The molecule has 0 fully saturated rings. The van der Waals surface area contributed by atoms with Crippen LogP contribution in [0.3, 0.4) is 0 Å². The van der Waals surface area contributed by atoms with Crippen molar-refractivity contribution >= 4 is 31.9 Å². The van der Waals surface area contributed by atoms with Crippen molar-refractivity contribution in [3.05, 3.63) is 4.60 Å². The summed E-state index contributed by atoms with van der Waals surface area (Å²) in [5.74, 6) is -0.386. The van der Waals surface area contributed by atoms with Crippen molar-refractivity contribution in [1.29, 1.82) is 0 Å². The molecule has 0 spiro atoms. The lowest BCUT2D eigenvalue weighted by Crippen LogP contribution is -2.39. The molecule has 1 aromatic rings. The van der Waals surface area contributed by atoms with E-state index in [0.717, 1.165) is 8.99 Å². The monoisotopic (exact) mass is 383 g/mol. The van der Waals surface area contributed by atoms with Crippen molar-refractivity contribution < 1.29 is 17.9 Å². The highest BCUT2D eigenvalue weighted by molar-refractivity contribution is 9.10. The number of ether oxygens (including phenoxy) is 1. The Hall–Kier alpha value is -1.04. The van der Waals surface area contributed by atoms with Crippen LogP contribution in [0.25, 0.3) is 0 Å². The number of methoxy groups -OCH3 is 1. The Balaban J connectivity index is 2.66. The van der Waals surface area contributed by atoms with Gasteiger partial charge in [0.25, 0.3) is 10.0 Å². The van der Waals surface area contributed by atoms with Gasteiger partial charge in [-0.2, -0.15) is 4.31 Å². The van der Waals surface area contributed by atoms with Crippen LogP contribution in [0.1, 0.15) is 6.42 Å². The van der Waals surface area contributed by atoms with Gasteiger partial charge in [-0.25, -0.2) is 13.1 Å². The van der Waals surface area contributed by atoms with E-state index in [1.807, 2.05) is 0 Å². The van der Waals surface area contributed by atoms with E-state index in [1.54, 1.807) is 7.11 Å². The number of likely N-dealkylation sites (N-methyl/N-ethyl adjacent to an activating group) is 1. The molecule has 0 saturated heterocycles. The Bertz CT molecular complexity index is 569. The molecule has 0 saturated carbocycles. The second-order valence-corrected chi connectivity index (χ2v) is 6.98. The molecule has 11 heteroatoms. The summed E-state index contributed by atoms with van der Waals surface area (Å²) in [6, 6.07) is 0. The third-order valence-corrected chi connectivity index (χ3v) is 5.30. The molecule has 0 aliphatic carbocycles. The topological polar surface area (TPSA) is 106 Å². The summed E-state index contributed by atoms with van der Waals surface area (Å²) < 4.78 is 31.7. The number of rotatable bonds is 8. The van der Waals surface area contributed by atoms with E-state index in [1.165, 1.54) is 14.1 Å². The number of hydrogen-bond acceptors (Lipinski definition) is 6. The molecule has 0 aliphatic rings. The molecule has 0 atom stereocenters. The highest BCUT2D eigenvalue weighted by atomic mass is 79.9. The largest absolute Gasteiger partial charge is 0.385 e. The standard InChI is InChI=1S/C10H18BrN5O4S/c1-15(7-8(17)12-5-4-6-20-3)21(18,19)10-9(11)13-14-16(10)2/h4-7H2,1-3H3,(H,12,17). The second kappa shape index (κ2) is 7.82. The van der Waals surface area contributed by atoms with Gasteiger partial charge in [0, 0.05) is 34.4 Å². The van der Waals surface area contributed by atoms with E-state index >= 15 is 0 Å². The molecule has 0 aliphatic heterocycles. The van der Waals surface area contributed by atoms with Crippen LogP contribution in [-0.4, -0.2) is 67.5 Å². The first-order chi connectivity index (χ1) is 9.80. The third-order valence-electron chi connectivity index (χ3n) is 2.61. The Labute approximate surface area is 131 Å². The average molecular weight is 384 g/mol. The summed E-state index contributed by atoms with van der Waals surface area (Å²) in [7, 11) is 0.508. The van der Waals surface area contributed by atoms with Crippen molar-refractivity contribution in [3.63, 3.8) is 0 Å². The van der Waals surface area contributed by atoms with E-state index in [2.05, 4.69) is 31.6 Å². The number of amides is 1. The van der Waals surface area contributed by atoms with Crippen molar-refractivity contribution in [2.75, 3.05) is 33.9 Å². The molecule has 0 unspecified atom stereocenters. The van der Waals surface area contributed by atoms with Gasteiger partial charge in [-0.3, -0.25) is 4.79 Å². The Morgan fingerprint density at radius 1 is 1.52 bits per heavy atom. The summed E-state index contributed by atoms with van der Waals surface area (Å²) in [5.41, 5.74) is 0. The highest BCUT2D eigenvalue weighted by Gasteiger charge is 2.29. The molecule has 9 nitrogen and oxygen atoms in total. The van der Waals surface area contributed by atoms with Gasteiger partial charge in [0.15, 0.2) is 4.60 Å². The summed E-state index contributed by atoms with van der Waals surface area (Å²) in [4.78, 5) is 11.7. The average Bonchev–Trinajstić information content (AvgIpc) is 2.74. The van der Waals surface area contributed by atoms with Crippen LogP contribution in [0.5, 0.6) is 0 Å². The Morgan fingerprint density at radius 2 is 2.19 bits per heavy atom. The van der Waals surface area contributed by atoms with Gasteiger partial charge in [-0.1, -0.05) is 5.21 Å². The smallest absolute Gasteiger partial charge is 0.263 e. The minimum absolute atomic E-state index is 0.0998. The number of aryl methyl sites for hydroxylation is 1. The van der Waals surface area contributed by atoms with Crippen LogP contribution < -0.4 is 5.32 Å². The molecule has 21 heavy (non-hydrogen) atoms. The zero-order valence-corrected chi connectivity index (χ0v) is 14.4. The zero-order chi connectivity index (χ0) is 16.0. The first-order valence-electron chi connectivity index (χ1n) is 6.08. The summed E-state index contributed by atoms with van der Waals surface area (Å²) in [6.45, 7) is 0.673. The lowest BCUT2D eigenvalue weighted by Gasteiger charge is -2.16. The van der Waals surface area contributed by atoms with E-state index in [4.69, 9.17) is 4.74 Å². The number of carbonyl (C=O) groups is 1. The minimum atomic E-state index is -3.85. The lowest BCUT2D eigenvalue weighted by atomic mass is 10.4. The van der Waals surface area contributed by atoms with E-state index < -0.39 is 10.0 Å². The van der Waals surface area contributed by atoms with E-state index in [9.17, 15) is 13.2 Å². The van der Waals surface area contributed by atoms with Gasteiger partial charge in [-0.05, 0) is 22.4 Å². The fraction of sp³-hybridized carbons (Fsp3) is 0.700. The molecule has 1 aromatic heterocycles. The highest BCUT2D eigenvalue weighted by Crippen LogP contribution is 2.20. The molecule has 1 amide bonds. The van der Waals surface area contributed by atoms with Gasteiger partial charge in [0.1, 0.15) is 0 Å². The van der Waals surface area contributed by atoms with Crippen molar-refractivity contribution in [1.82, 2.24) is 24.6 Å². The predicted molar refractivity (Wildman–Crippen MR) is 78.0 cm³/mol. The molecular weight excluding hydrogens is 366 g/mol. The van der Waals surface area contributed by atoms with Crippen LogP contribution in [0, 0.1) is 0 Å². The third kappa shape index (κ3) is 4.73. The van der Waals surface area contributed by atoms with Gasteiger partial charge in [0.05, 0.1) is 6.54 Å². The van der Waals surface area contributed by atoms with Crippen molar-refractivity contribution in [2.24, 2.45) is 7.05 Å². The van der Waals surface area contributed by atoms with Gasteiger partial charge in [-0.15, -0.1) is 5.10 Å². The van der Waals surface area contributed by atoms with Crippen LogP contribution in [-0.2, 0) is 26.6 Å². The van der Waals surface area contributed by atoms with E-state index in [-0.39, 0.29) is 22.1 Å². The van der Waals surface area contributed by atoms with Crippen LogP contribution in [0.15, 0.2) is 9.63 Å². The number of halogens is 1. The fourth-order valence-corrected chi connectivity index (χ4v) is 3.68. The molecule has 0 aromatic carbocycles. The predicted octanol–water partition coefficient (Wildman–Crippen LogP) is -0.649. The van der Waals surface area contributed by atoms with Crippen molar-refractivity contribution in [3.8, 4) is 0 Å². The van der Waals surface area contributed by atoms with Gasteiger partial charge >= 0.3 is 0 Å². The zero-order valence-electron chi connectivity index (χ0n) is 12.0. The van der Waals surface area contributed by atoms with E-state index in [0.29, 0.717) is 19.6 Å². The Morgan fingerprint density at radius 3 is 2.71 bits per heavy atom. The number of sulfonamides is 1. The maximum Gasteiger partial charge on any atom is 0.263 e. The SMILES string of the molecule is COCCCNC(=O)CN(C)S(=O)(=O)c1c(Br)nnn1C. The van der Waals surface area contributed by atoms with Crippen LogP contribution >= 0.6 is 15.9 Å². The van der Waals surface area contributed by atoms with Gasteiger partial charge in [0.2, 0.25) is 10.9 Å².